The first-order valence-corrected chi connectivity index (χ1v) is 6.86. The number of carbonyl (C=O) groups is 1. The van der Waals surface area contributed by atoms with Gasteiger partial charge in [0.25, 0.3) is 0 Å². The van der Waals surface area contributed by atoms with Crippen molar-refractivity contribution in [3.05, 3.63) is 17.7 Å². The highest BCUT2D eigenvalue weighted by molar-refractivity contribution is 5.73. The van der Waals surface area contributed by atoms with E-state index in [0.717, 1.165) is 18.5 Å². The van der Waals surface area contributed by atoms with E-state index in [0.29, 0.717) is 30.2 Å². The summed E-state index contributed by atoms with van der Waals surface area (Å²) in [5.74, 6) is 0.941. The normalized spacial score (nSPS) is 18.5. The van der Waals surface area contributed by atoms with Crippen LogP contribution in [0.5, 0.6) is 17.2 Å². The van der Waals surface area contributed by atoms with Crippen LogP contribution in [0, 0.1) is 0 Å². The molecule has 0 radical (unpaired) electrons. The zero-order valence-electron chi connectivity index (χ0n) is 12.6. The molecule has 1 unspecified atom stereocenters. The third-order valence-corrected chi connectivity index (χ3v) is 3.76. The molecule has 1 aliphatic heterocycles. The number of hydrogen-bond donors (Lipinski definition) is 1. The lowest BCUT2D eigenvalue weighted by atomic mass is 10.1. The molecule has 1 aromatic rings. The lowest BCUT2D eigenvalue weighted by molar-refractivity contribution is -0.142. The molecule has 1 heterocycles. The third-order valence-electron chi connectivity index (χ3n) is 3.76. The molecule has 1 atom stereocenters. The number of aliphatic carboxylic acids is 1. The summed E-state index contributed by atoms with van der Waals surface area (Å²) in [6.07, 6.45) is 1.60. The van der Waals surface area contributed by atoms with Crippen LogP contribution in [0.25, 0.3) is 0 Å². The number of likely N-dealkylation sites (tertiary alicyclic amines) is 1. The van der Waals surface area contributed by atoms with E-state index in [1.165, 1.54) is 0 Å². The molecule has 116 valence electrons. The summed E-state index contributed by atoms with van der Waals surface area (Å²) in [5, 5.41) is 9.23. The molecule has 0 amide bonds. The monoisotopic (exact) mass is 295 g/mol. The number of carboxylic acid groups (broad SMARTS) is 1. The molecule has 6 heteroatoms. The molecule has 6 nitrogen and oxygen atoms in total. The quantitative estimate of drug-likeness (QED) is 0.862. The van der Waals surface area contributed by atoms with Gasteiger partial charge in [-0.1, -0.05) is 0 Å². The van der Waals surface area contributed by atoms with Crippen molar-refractivity contribution in [2.45, 2.75) is 25.4 Å². The van der Waals surface area contributed by atoms with Crippen molar-refractivity contribution in [1.82, 2.24) is 4.90 Å². The number of carboxylic acids is 1. The molecule has 1 saturated heterocycles. The first kappa shape index (κ1) is 15.4. The fraction of sp³-hybridized carbons (Fsp3) is 0.533. The summed E-state index contributed by atoms with van der Waals surface area (Å²) >= 11 is 0. The van der Waals surface area contributed by atoms with Gasteiger partial charge in [0.05, 0.1) is 21.3 Å². The second-order valence-corrected chi connectivity index (χ2v) is 5.00. The SMILES string of the molecule is COc1cc(CN2CCCC2C(=O)O)cc(OC)c1OC. The largest absolute Gasteiger partial charge is 0.493 e. The summed E-state index contributed by atoms with van der Waals surface area (Å²) in [6.45, 7) is 1.33. The predicted octanol–water partition coefficient (Wildman–Crippen LogP) is 1.76. The number of benzene rings is 1. The van der Waals surface area contributed by atoms with E-state index >= 15 is 0 Å². The highest BCUT2D eigenvalue weighted by Crippen LogP contribution is 2.38. The van der Waals surface area contributed by atoms with Gasteiger partial charge in [-0.15, -0.1) is 0 Å². The van der Waals surface area contributed by atoms with Crippen molar-refractivity contribution in [1.29, 1.82) is 0 Å². The molecule has 1 fully saturated rings. The van der Waals surface area contributed by atoms with Gasteiger partial charge in [0.15, 0.2) is 11.5 Å². The maximum absolute atomic E-state index is 11.2. The zero-order chi connectivity index (χ0) is 15.4. The Morgan fingerprint density at radius 3 is 2.33 bits per heavy atom. The Kier molecular flexibility index (Phi) is 4.90. The Morgan fingerprint density at radius 1 is 1.24 bits per heavy atom. The summed E-state index contributed by atoms with van der Waals surface area (Å²) in [4.78, 5) is 13.2. The second kappa shape index (κ2) is 6.67. The Labute approximate surface area is 124 Å². The van der Waals surface area contributed by atoms with E-state index in [9.17, 15) is 9.90 Å². The first-order chi connectivity index (χ1) is 10.1. The highest BCUT2D eigenvalue weighted by atomic mass is 16.5. The fourth-order valence-corrected chi connectivity index (χ4v) is 2.76. The summed E-state index contributed by atoms with van der Waals surface area (Å²) in [7, 11) is 4.69. The third kappa shape index (κ3) is 3.21. The molecule has 2 rings (SSSR count). The van der Waals surface area contributed by atoms with Crippen LogP contribution in [0.3, 0.4) is 0 Å². The van der Waals surface area contributed by atoms with Gasteiger partial charge in [-0.25, -0.2) is 0 Å². The van der Waals surface area contributed by atoms with Crippen LogP contribution >= 0.6 is 0 Å². The van der Waals surface area contributed by atoms with Crippen LogP contribution in [-0.2, 0) is 11.3 Å². The predicted molar refractivity (Wildman–Crippen MR) is 77.2 cm³/mol. The van der Waals surface area contributed by atoms with E-state index in [1.807, 2.05) is 17.0 Å². The number of nitrogens with zero attached hydrogens (tertiary/aromatic N) is 1. The maximum atomic E-state index is 11.2. The molecule has 0 aliphatic carbocycles. The summed E-state index contributed by atoms with van der Waals surface area (Å²) in [6, 6.07) is 3.31. The van der Waals surface area contributed by atoms with E-state index < -0.39 is 12.0 Å². The van der Waals surface area contributed by atoms with Crippen LogP contribution < -0.4 is 14.2 Å². The number of methoxy groups -OCH3 is 3. The molecule has 0 bridgehead atoms. The number of ether oxygens (including phenoxy) is 3. The minimum Gasteiger partial charge on any atom is -0.493 e. The van der Waals surface area contributed by atoms with Gasteiger partial charge in [-0.3, -0.25) is 9.69 Å². The van der Waals surface area contributed by atoms with Crippen molar-refractivity contribution in [2.24, 2.45) is 0 Å². The van der Waals surface area contributed by atoms with Gasteiger partial charge in [-0.2, -0.15) is 0 Å². The average Bonchev–Trinajstić information content (AvgIpc) is 2.94. The topological polar surface area (TPSA) is 68.2 Å². The van der Waals surface area contributed by atoms with E-state index in [1.54, 1.807) is 21.3 Å². The van der Waals surface area contributed by atoms with Crippen molar-refractivity contribution in [2.75, 3.05) is 27.9 Å². The second-order valence-electron chi connectivity index (χ2n) is 5.00. The molecular formula is C15H21NO5. The Bertz CT molecular complexity index is 492. The highest BCUT2D eigenvalue weighted by Gasteiger charge is 2.30. The number of hydrogen-bond acceptors (Lipinski definition) is 5. The van der Waals surface area contributed by atoms with Gasteiger partial charge in [0.2, 0.25) is 5.75 Å². The van der Waals surface area contributed by atoms with Crippen molar-refractivity contribution < 1.29 is 24.1 Å². The average molecular weight is 295 g/mol. The first-order valence-electron chi connectivity index (χ1n) is 6.86. The van der Waals surface area contributed by atoms with Gasteiger partial charge < -0.3 is 19.3 Å². The maximum Gasteiger partial charge on any atom is 0.320 e. The van der Waals surface area contributed by atoms with Crippen molar-refractivity contribution in [3.8, 4) is 17.2 Å². The smallest absolute Gasteiger partial charge is 0.320 e. The Hall–Kier alpha value is -1.95. The molecule has 1 N–H and O–H groups in total. The molecule has 0 saturated carbocycles. The van der Waals surface area contributed by atoms with E-state index in [-0.39, 0.29) is 0 Å². The minimum atomic E-state index is -0.764. The van der Waals surface area contributed by atoms with Gasteiger partial charge in [0.1, 0.15) is 6.04 Å². The van der Waals surface area contributed by atoms with Crippen LogP contribution in [0.4, 0.5) is 0 Å². The molecule has 1 aliphatic rings. The summed E-state index contributed by atoms with van der Waals surface area (Å²) < 4.78 is 15.9. The Morgan fingerprint density at radius 2 is 1.86 bits per heavy atom. The van der Waals surface area contributed by atoms with Crippen LogP contribution in [-0.4, -0.2) is 49.9 Å². The summed E-state index contributed by atoms with van der Waals surface area (Å²) in [5.41, 5.74) is 0.942. The molecule has 1 aromatic carbocycles. The van der Waals surface area contributed by atoms with E-state index in [2.05, 4.69) is 0 Å². The standard InChI is InChI=1S/C15H21NO5/c1-19-12-7-10(8-13(20-2)14(12)21-3)9-16-6-4-5-11(16)15(17)18/h7-8,11H,4-6,9H2,1-3H3,(H,17,18). The minimum absolute atomic E-state index is 0.413. The van der Waals surface area contributed by atoms with Crippen LogP contribution in [0.1, 0.15) is 18.4 Å². The van der Waals surface area contributed by atoms with Gasteiger partial charge >= 0.3 is 5.97 Å². The Balaban J connectivity index is 2.26. The van der Waals surface area contributed by atoms with Gasteiger partial charge in [-0.05, 0) is 37.1 Å². The van der Waals surface area contributed by atoms with Crippen molar-refractivity contribution in [3.63, 3.8) is 0 Å². The lowest BCUT2D eigenvalue weighted by Crippen LogP contribution is -2.35. The van der Waals surface area contributed by atoms with Gasteiger partial charge in [0, 0.05) is 6.54 Å². The van der Waals surface area contributed by atoms with E-state index in [4.69, 9.17) is 14.2 Å². The molecule has 0 aromatic heterocycles. The number of rotatable bonds is 6. The molecular weight excluding hydrogens is 274 g/mol. The zero-order valence-corrected chi connectivity index (χ0v) is 12.6. The lowest BCUT2D eigenvalue weighted by Gasteiger charge is -2.22. The van der Waals surface area contributed by atoms with Crippen LogP contribution in [0.2, 0.25) is 0 Å². The van der Waals surface area contributed by atoms with Crippen LogP contribution in [0.15, 0.2) is 12.1 Å². The van der Waals surface area contributed by atoms with Crippen molar-refractivity contribution >= 4 is 5.97 Å². The molecule has 0 spiro atoms. The fourth-order valence-electron chi connectivity index (χ4n) is 2.76. The molecule has 21 heavy (non-hydrogen) atoms.